The van der Waals surface area contributed by atoms with Crippen molar-refractivity contribution in [2.75, 3.05) is 11.5 Å². The molecule has 0 aromatic heterocycles. The third-order valence-electron chi connectivity index (χ3n) is 8.53. The van der Waals surface area contributed by atoms with E-state index in [9.17, 15) is 51.9 Å². The van der Waals surface area contributed by atoms with Crippen molar-refractivity contribution in [3.8, 4) is 11.1 Å². The summed E-state index contributed by atoms with van der Waals surface area (Å²) >= 11 is 0. The molecule has 0 heterocycles. The maximum Gasteiger partial charge on any atom is 1.00 e. The molecule has 0 saturated heterocycles. The Morgan fingerprint density at radius 2 is 0.767 bits per heavy atom. The maximum atomic E-state index is 12.0. The van der Waals surface area contributed by atoms with Crippen LogP contribution in [0.1, 0.15) is 11.1 Å². The Labute approximate surface area is 432 Å². The molecule has 0 unspecified atom stereocenters. The van der Waals surface area contributed by atoms with Crippen molar-refractivity contribution >= 4 is 96.1 Å². The number of hydrogen-bond donors (Lipinski definition) is 2. The number of rotatable bonds is 9. The quantitative estimate of drug-likeness (QED) is 0.0590. The Morgan fingerprint density at radius 3 is 1.05 bits per heavy atom. The molecule has 4 N–H and O–H groups in total. The Bertz CT molecular complexity index is 3000. The molecule has 0 aliphatic rings. The third kappa shape index (κ3) is 11.9. The van der Waals surface area contributed by atoms with E-state index in [2.05, 4.69) is 20.5 Å². The van der Waals surface area contributed by atoms with Crippen LogP contribution in [0.5, 0.6) is 0 Å². The van der Waals surface area contributed by atoms with Crippen LogP contribution in [0.4, 0.5) is 34.1 Å². The van der Waals surface area contributed by atoms with E-state index < -0.39 is 71.4 Å². The molecule has 0 bridgehead atoms. The molecule has 6 rings (SSSR count). The molecule has 0 fully saturated rings. The van der Waals surface area contributed by atoms with E-state index in [-0.39, 0.29) is 151 Å². The van der Waals surface area contributed by atoms with Gasteiger partial charge in [-0.05, 0) is 108 Å². The zero-order valence-electron chi connectivity index (χ0n) is 32.6. The average Bonchev–Trinajstić information content (AvgIpc) is 3.09. The van der Waals surface area contributed by atoms with Gasteiger partial charge in [0.1, 0.15) is 51.8 Å². The number of nitrogens with two attached hydrogens (primary N) is 2. The number of azo groups is 2. The second-order valence-electron chi connectivity index (χ2n) is 12.3. The average molecular weight is 929 g/mol. The van der Waals surface area contributed by atoms with E-state index in [4.69, 9.17) is 11.5 Å². The molecule has 6 aromatic rings. The molecule has 0 atom stereocenters. The van der Waals surface area contributed by atoms with Crippen LogP contribution in [-0.2, 0) is 40.5 Å². The van der Waals surface area contributed by atoms with Crippen LogP contribution in [0.3, 0.4) is 0 Å². The first-order valence-corrected chi connectivity index (χ1v) is 21.2. The van der Waals surface area contributed by atoms with Gasteiger partial charge in [0.25, 0.3) is 0 Å². The van der Waals surface area contributed by atoms with Gasteiger partial charge < -0.3 is 29.7 Å². The Morgan fingerprint density at radius 1 is 0.433 bits per heavy atom. The van der Waals surface area contributed by atoms with Crippen molar-refractivity contribution in [1.29, 1.82) is 0 Å². The number of nitrogen functional groups attached to an aromatic ring is 2. The fourth-order valence-corrected chi connectivity index (χ4v) is 8.04. The van der Waals surface area contributed by atoms with Crippen LogP contribution in [0.2, 0.25) is 0 Å². The van der Waals surface area contributed by atoms with E-state index in [1.165, 1.54) is 12.1 Å². The van der Waals surface area contributed by atoms with E-state index in [0.717, 1.165) is 36.4 Å². The molecule has 6 aromatic carbocycles. The van der Waals surface area contributed by atoms with Crippen LogP contribution >= 0.6 is 0 Å². The summed E-state index contributed by atoms with van der Waals surface area (Å²) in [5.41, 5.74) is 13.7. The van der Waals surface area contributed by atoms with Crippen LogP contribution in [0.15, 0.2) is 125 Å². The SMILES string of the molecule is Cc1cc(-c2ccc(N=Nc3c(N)c(S(=O)(=O)[O-])cc4cc(S(=O)(=O)[O-])ccc34)c(C)c2)ccc1N=Nc1c(N)c(S(=O)(=O)[O-])cc2cc(S(=O)(=O)[O-])ccc12.[Na+].[Na+].[Na+].[Na+]. The molecular formula is C34H24N6Na4O12S4. The molecule has 0 radical (unpaired) electrons. The van der Waals surface area contributed by atoms with E-state index >= 15 is 0 Å². The maximum absolute atomic E-state index is 12.0. The van der Waals surface area contributed by atoms with Gasteiger partial charge in [0.15, 0.2) is 0 Å². The number of benzene rings is 6. The predicted octanol–water partition coefficient (Wildman–Crippen LogP) is -6.10. The summed E-state index contributed by atoms with van der Waals surface area (Å²) in [4.78, 5) is -3.08. The van der Waals surface area contributed by atoms with Crippen molar-refractivity contribution in [3.05, 3.63) is 96.1 Å². The normalized spacial score (nSPS) is 12.2. The molecule has 0 amide bonds. The van der Waals surface area contributed by atoms with Gasteiger partial charge in [-0.3, -0.25) is 0 Å². The van der Waals surface area contributed by atoms with Gasteiger partial charge in [0.05, 0.1) is 42.3 Å². The fourth-order valence-electron chi connectivity index (χ4n) is 5.76. The molecule has 290 valence electrons. The van der Waals surface area contributed by atoms with Crippen molar-refractivity contribution in [2.24, 2.45) is 20.5 Å². The largest absolute Gasteiger partial charge is 1.00 e. The van der Waals surface area contributed by atoms with Gasteiger partial charge in [0, 0.05) is 10.8 Å². The molecule has 0 saturated carbocycles. The van der Waals surface area contributed by atoms with Crippen molar-refractivity contribution in [2.45, 2.75) is 33.4 Å². The molecule has 0 aliphatic heterocycles. The number of aryl methyl sites for hydroxylation is 2. The van der Waals surface area contributed by atoms with Gasteiger partial charge in [-0.2, -0.15) is 10.2 Å². The smallest absolute Gasteiger partial charge is 0.744 e. The second-order valence-corrected chi connectivity index (χ2v) is 17.7. The topological polar surface area (TPSA) is 330 Å². The van der Waals surface area contributed by atoms with E-state index in [1.807, 2.05) is 0 Å². The standard InChI is InChI=1S/C34H28N6O12S4.4Na/c1-17-11-19(3-9-27(17)37-39-33-25-7-5-23(53(41,42)43)13-21(25)15-29(31(33)35)55(47,48)49)20-4-10-28(18(2)12-20)38-40-34-26-8-6-24(54(44,45)46)14-22(26)16-30(32(34)36)56(50,51)52;;;;/h3-16H,35-36H2,1-2H3,(H,41,42,43)(H,44,45,46)(H,47,48,49)(H,50,51,52);;;;/q;4*+1/p-4. The summed E-state index contributed by atoms with van der Waals surface area (Å²) in [6.45, 7) is 3.41. The Balaban J connectivity index is 0.00000310. The molecule has 26 heteroatoms. The molecule has 18 nitrogen and oxygen atoms in total. The minimum Gasteiger partial charge on any atom is -0.744 e. The Kier molecular flexibility index (Phi) is 18.5. The van der Waals surface area contributed by atoms with Crippen LogP contribution in [-0.4, -0.2) is 51.9 Å². The van der Waals surface area contributed by atoms with Crippen LogP contribution in [0.25, 0.3) is 32.7 Å². The number of nitrogens with zero attached hydrogens (tertiary/aromatic N) is 4. The predicted molar refractivity (Wildman–Crippen MR) is 198 cm³/mol. The van der Waals surface area contributed by atoms with Gasteiger partial charge in [-0.1, -0.05) is 24.3 Å². The minimum absolute atomic E-state index is 0. The van der Waals surface area contributed by atoms with Crippen LogP contribution in [0, 0.1) is 13.8 Å². The molecular weight excluding hydrogens is 905 g/mol. The summed E-state index contributed by atoms with van der Waals surface area (Å²) < 4.78 is 141. The molecule has 0 aliphatic carbocycles. The summed E-state index contributed by atoms with van der Waals surface area (Å²) in [7, 11) is -20.2. The zero-order chi connectivity index (χ0) is 41.1. The molecule has 60 heavy (non-hydrogen) atoms. The first kappa shape index (κ1) is 54.4. The van der Waals surface area contributed by atoms with Gasteiger partial charge >= 0.3 is 118 Å². The summed E-state index contributed by atoms with van der Waals surface area (Å²) in [5.74, 6) is 0. The fraction of sp³-hybridized carbons (Fsp3) is 0.0588. The summed E-state index contributed by atoms with van der Waals surface area (Å²) in [6.07, 6.45) is 0. The second kappa shape index (κ2) is 20.4. The first-order valence-electron chi connectivity index (χ1n) is 15.5. The van der Waals surface area contributed by atoms with E-state index in [0.29, 0.717) is 33.6 Å². The third-order valence-corrected chi connectivity index (χ3v) is 11.9. The summed E-state index contributed by atoms with van der Waals surface area (Å²) in [5, 5.41) is 16.7. The monoisotopic (exact) mass is 928 g/mol. The van der Waals surface area contributed by atoms with E-state index in [1.54, 1.807) is 50.2 Å². The Hall–Kier alpha value is -1.72. The van der Waals surface area contributed by atoms with Crippen molar-refractivity contribution < 1.29 is 170 Å². The van der Waals surface area contributed by atoms with Gasteiger partial charge in [-0.15, -0.1) is 10.2 Å². The van der Waals surface area contributed by atoms with Crippen molar-refractivity contribution in [3.63, 3.8) is 0 Å². The zero-order valence-corrected chi connectivity index (χ0v) is 43.8. The number of fused-ring (bicyclic) bond motifs is 2. The number of anilines is 2. The van der Waals surface area contributed by atoms with Crippen molar-refractivity contribution in [1.82, 2.24) is 0 Å². The van der Waals surface area contributed by atoms with Gasteiger partial charge in [-0.25, -0.2) is 33.7 Å². The minimum atomic E-state index is -5.16. The van der Waals surface area contributed by atoms with Crippen LogP contribution < -0.4 is 130 Å². The molecule has 0 spiro atoms. The first-order chi connectivity index (χ1) is 25.9. The van der Waals surface area contributed by atoms with Gasteiger partial charge in [0.2, 0.25) is 0 Å². The summed E-state index contributed by atoms with van der Waals surface area (Å²) in [6, 6.07) is 18.0. The number of hydrogen-bond acceptors (Lipinski definition) is 18.